The SMILES string of the molecule is CCOc1ccc(C(=O)N(C)C(C)c2ccc(OC)cc2)cc1. The molecule has 122 valence electrons. The summed E-state index contributed by atoms with van der Waals surface area (Å²) in [6.07, 6.45) is 0. The van der Waals surface area contributed by atoms with Crippen molar-refractivity contribution in [2.45, 2.75) is 19.9 Å². The minimum absolute atomic E-state index is 0.0173. The molecule has 2 aromatic rings. The summed E-state index contributed by atoms with van der Waals surface area (Å²) < 4.78 is 10.6. The quantitative estimate of drug-likeness (QED) is 0.811. The van der Waals surface area contributed by atoms with E-state index in [1.807, 2.05) is 57.3 Å². The van der Waals surface area contributed by atoms with Crippen LogP contribution in [0.2, 0.25) is 0 Å². The fourth-order valence-electron chi connectivity index (χ4n) is 2.35. The van der Waals surface area contributed by atoms with Crippen molar-refractivity contribution in [1.82, 2.24) is 4.90 Å². The minimum atomic E-state index is -0.0278. The Hall–Kier alpha value is -2.49. The highest BCUT2D eigenvalue weighted by Crippen LogP contribution is 2.23. The number of rotatable bonds is 6. The second-order valence-corrected chi connectivity index (χ2v) is 5.32. The van der Waals surface area contributed by atoms with Gasteiger partial charge in [0.1, 0.15) is 11.5 Å². The summed E-state index contributed by atoms with van der Waals surface area (Å²) in [6, 6.07) is 15.0. The van der Waals surface area contributed by atoms with Crippen molar-refractivity contribution in [2.24, 2.45) is 0 Å². The standard InChI is InChI=1S/C19H23NO3/c1-5-23-18-12-8-16(9-13-18)19(21)20(3)14(2)15-6-10-17(22-4)11-7-15/h6-14H,5H2,1-4H3. The Balaban J connectivity index is 2.10. The Morgan fingerprint density at radius 1 is 1.04 bits per heavy atom. The molecular formula is C19H23NO3. The number of hydrogen-bond donors (Lipinski definition) is 0. The van der Waals surface area contributed by atoms with Gasteiger partial charge in [-0.3, -0.25) is 4.79 Å². The number of carbonyl (C=O) groups is 1. The molecule has 0 saturated carbocycles. The van der Waals surface area contributed by atoms with Gasteiger partial charge in [0.05, 0.1) is 19.8 Å². The first kappa shape index (κ1) is 16.9. The van der Waals surface area contributed by atoms with Gasteiger partial charge in [0.2, 0.25) is 0 Å². The monoisotopic (exact) mass is 313 g/mol. The van der Waals surface area contributed by atoms with Crippen LogP contribution in [0, 0.1) is 0 Å². The molecule has 4 heteroatoms. The average Bonchev–Trinajstić information content (AvgIpc) is 2.61. The molecule has 1 unspecified atom stereocenters. The molecule has 2 rings (SSSR count). The van der Waals surface area contributed by atoms with Crippen LogP contribution in [0.15, 0.2) is 48.5 Å². The maximum Gasteiger partial charge on any atom is 0.254 e. The van der Waals surface area contributed by atoms with E-state index in [4.69, 9.17) is 9.47 Å². The summed E-state index contributed by atoms with van der Waals surface area (Å²) >= 11 is 0. The predicted octanol–water partition coefficient (Wildman–Crippen LogP) is 3.93. The molecule has 0 aliphatic carbocycles. The van der Waals surface area contributed by atoms with Gasteiger partial charge in [-0.2, -0.15) is 0 Å². The number of nitrogens with zero attached hydrogens (tertiary/aromatic N) is 1. The van der Waals surface area contributed by atoms with Gasteiger partial charge in [-0.15, -0.1) is 0 Å². The van der Waals surface area contributed by atoms with E-state index in [0.717, 1.165) is 17.1 Å². The Morgan fingerprint density at radius 2 is 1.61 bits per heavy atom. The topological polar surface area (TPSA) is 38.8 Å². The summed E-state index contributed by atoms with van der Waals surface area (Å²) in [5, 5.41) is 0. The maximum atomic E-state index is 12.6. The summed E-state index contributed by atoms with van der Waals surface area (Å²) in [4.78, 5) is 14.3. The first-order chi connectivity index (χ1) is 11.1. The predicted molar refractivity (Wildman–Crippen MR) is 91.1 cm³/mol. The molecule has 0 bridgehead atoms. The number of ether oxygens (including phenoxy) is 2. The number of hydrogen-bond acceptors (Lipinski definition) is 3. The summed E-state index contributed by atoms with van der Waals surface area (Å²) in [6.45, 7) is 4.55. The van der Waals surface area contributed by atoms with Crippen LogP contribution < -0.4 is 9.47 Å². The van der Waals surface area contributed by atoms with Gasteiger partial charge >= 0.3 is 0 Å². The van der Waals surface area contributed by atoms with Gasteiger partial charge in [-0.25, -0.2) is 0 Å². The molecule has 2 aromatic carbocycles. The van der Waals surface area contributed by atoms with Crippen molar-refractivity contribution in [3.05, 3.63) is 59.7 Å². The zero-order valence-electron chi connectivity index (χ0n) is 14.1. The van der Waals surface area contributed by atoms with Gasteiger partial charge in [0, 0.05) is 12.6 Å². The summed E-state index contributed by atoms with van der Waals surface area (Å²) in [7, 11) is 3.45. The van der Waals surface area contributed by atoms with Crippen LogP contribution in [0.25, 0.3) is 0 Å². The third-order valence-electron chi connectivity index (χ3n) is 3.91. The molecule has 0 aliphatic heterocycles. The summed E-state index contributed by atoms with van der Waals surface area (Å²) in [5.41, 5.74) is 1.71. The lowest BCUT2D eigenvalue weighted by Crippen LogP contribution is -2.29. The van der Waals surface area contributed by atoms with Crippen LogP contribution in [0.4, 0.5) is 0 Å². The first-order valence-electron chi connectivity index (χ1n) is 7.70. The Bertz CT molecular complexity index is 635. The molecule has 1 amide bonds. The van der Waals surface area contributed by atoms with Crippen LogP contribution in [-0.4, -0.2) is 31.6 Å². The Morgan fingerprint density at radius 3 is 2.13 bits per heavy atom. The first-order valence-corrected chi connectivity index (χ1v) is 7.70. The molecular weight excluding hydrogens is 290 g/mol. The van der Waals surface area contributed by atoms with E-state index in [2.05, 4.69) is 0 Å². The molecule has 0 aliphatic rings. The molecule has 0 heterocycles. The fraction of sp³-hybridized carbons (Fsp3) is 0.316. The van der Waals surface area contributed by atoms with Gasteiger partial charge in [-0.05, 0) is 55.8 Å². The second-order valence-electron chi connectivity index (χ2n) is 5.32. The van der Waals surface area contributed by atoms with E-state index in [-0.39, 0.29) is 11.9 Å². The Kier molecular flexibility index (Phi) is 5.63. The number of benzene rings is 2. The molecule has 0 aromatic heterocycles. The zero-order chi connectivity index (χ0) is 16.8. The third-order valence-corrected chi connectivity index (χ3v) is 3.91. The van der Waals surface area contributed by atoms with Gasteiger partial charge in [-0.1, -0.05) is 12.1 Å². The van der Waals surface area contributed by atoms with Crippen molar-refractivity contribution < 1.29 is 14.3 Å². The smallest absolute Gasteiger partial charge is 0.254 e. The van der Waals surface area contributed by atoms with Gasteiger partial charge in [0.25, 0.3) is 5.91 Å². The van der Waals surface area contributed by atoms with E-state index in [9.17, 15) is 4.79 Å². The van der Waals surface area contributed by atoms with Crippen LogP contribution in [0.3, 0.4) is 0 Å². The number of carbonyl (C=O) groups excluding carboxylic acids is 1. The highest BCUT2D eigenvalue weighted by Gasteiger charge is 2.19. The molecule has 4 nitrogen and oxygen atoms in total. The highest BCUT2D eigenvalue weighted by atomic mass is 16.5. The lowest BCUT2D eigenvalue weighted by Gasteiger charge is -2.25. The molecule has 0 radical (unpaired) electrons. The van der Waals surface area contributed by atoms with Gasteiger partial charge in [0.15, 0.2) is 0 Å². The van der Waals surface area contributed by atoms with Crippen LogP contribution in [0.5, 0.6) is 11.5 Å². The van der Waals surface area contributed by atoms with Crippen LogP contribution in [-0.2, 0) is 0 Å². The van der Waals surface area contributed by atoms with E-state index >= 15 is 0 Å². The normalized spacial score (nSPS) is 11.7. The molecule has 1 atom stereocenters. The van der Waals surface area contributed by atoms with Gasteiger partial charge < -0.3 is 14.4 Å². The molecule has 0 N–H and O–H groups in total. The van der Waals surface area contributed by atoms with Crippen molar-refractivity contribution in [3.63, 3.8) is 0 Å². The van der Waals surface area contributed by atoms with E-state index < -0.39 is 0 Å². The highest BCUT2D eigenvalue weighted by molar-refractivity contribution is 5.94. The molecule has 0 saturated heterocycles. The fourth-order valence-corrected chi connectivity index (χ4v) is 2.35. The molecule has 0 spiro atoms. The average molecular weight is 313 g/mol. The van der Waals surface area contributed by atoms with Crippen LogP contribution in [0.1, 0.15) is 35.8 Å². The van der Waals surface area contributed by atoms with E-state index in [0.29, 0.717) is 12.2 Å². The zero-order valence-corrected chi connectivity index (χ0v) is 14.1. The molecule has 0 fully saturated rings. The number of methoxy groups -OCH3 is 1. The molecule has 23 heavy (non-hydrogen) atoms. The lowest BCUT2D eigenvalue weighted by atomic mass is 10.1. The lowest BCUT2D eigenvalue weighted by molar-refractivity contribution is 0.0742. The maximum absolute atomic E-state index is 12.6. The largest absolute Gasteiger partial charge is 0.497 e. The summed E-state index contributed by atoms with van der Waals surface area (Å²) in [5.74, 6) is 1.56. The van der Waals surface area contributed by atoms with Crippen LogP contribution >= 0.6 is 0 Å². The van der Waals surface area contributed by atoms with E-state index in [1.54, 1.807) is 24.1 Å². The van der Waals surface area contributed by atoms with E-state index in [1.165, 1.54) is 0 Å². The number of amides is 1. The third kappa shape index (κ3) is 4.03. The van der Waals surface area contributed by atoms with Crippen molar-refractivity contribution in [3.8, 4) is 11.5 Å². The Labute approximate surface area is 137 Å². The minimum Gasteiger partial charge on any atom is -0.497 e. The van der Waals surface area contributed by atoms with Crippen molar-refractivity contribution >= 4 is 5.91 Å². The second kappa shape index (κ2) is 7.68. The van der Waals surface area contributed by atoms with Crippen molar-refractivity contribution in [2.75, 3.05) is 20.8 Å². The van der Waals surface area contributed by atoms with Crippen molar-refractivity contribution in [1.29, 1.82) is 0 Å².